The van der Waals surface area contributed by atoms with Crippen LogP contribution in [0, 0.1) is 5.92 Å². The zero-order valence-electron chi connectivity index (χ0n) is 11.6. The molecule has 0 saturated carbocycles. The first-order chi connectivity index (χ1) is 9.16. The van der Waals surface area contributed by atoms with Crippen molar-refractivity contribution in [2.75, 3.05) is 39.1 Å². The Kier molecular flexibility index (Phi) is 5.19. The van der Waals surface area contributed by atoms with Gasteiger partial charge >= 0.3 is 0 Å². The average Bonchev–Trinajstić information content (AvgIpc) is 2.40. The van der Waals surface area contributed by atoms with Crippen LogP contribution in [-0.2, 0) is 4.74 Å². The number of nitrogens with zero attached hydrogens (tertiary/aromatic N) is 1. The molecule has 1 saturated heterocycles. The Morgan fingerprint density at radius 2 is 2.05 bits per heavy atom. The van der Waals surface area contributed by atoms with Crippen LogP contribution < -0.4 is 5.73 Å². The zero-order valence-corrected chi connectivity index (χ0v) is 11.6. The zero-order chi connectivity index (χ0) is 13.7. The van der Waals surface area contributed by atoms with Crippen molar-refractivity contribution in [3.05, 3.63) is 29.8 Å². The quantitative estimate of drug-likeness (QED) is 0.794. The number of hydrogen-bond acceptors (Lipinski definition) is 4. The summed E-state index contributed by atoms with van der Waals surface area (Å²) in [5.74, 6) is 0.680. The van der Waals surface area contributed by atoms with Gasteiger partial charge in [-0.2, -0.15) is 0 Å². The maximum absolute atomic E-state index is 10.3. The van der Waals surface area contributed by atoms with Gasteiger partial charge in [-0.05, 0) is 31.9 Å². The van der Waals surface area contributed by atoms with Crippen molar-refractivity contribution in [2.45, 2.75) is 18.9 Å². The summed E-state index contributed by atoms with van der Waals surface area (Å²) < 4.78 is 5.36. The molecule has 19 heavy (non-hydrogen) atoms. The number of likely N-dealkylation sites (N-methyl/N-ethyl adjacent to an activating group) is 1. The predicted octanol–water partition coefficient (Wildman–Crippen LogP) is 1.66. The van der Waals surface area contributed by atoms with Crippen LogP contribution in [0.25, 0.3) is 0 Å². The SMILES string of the molecule is CN(CC1CCOCC1)CC(O)c1ccccc1N. The Balaban J connectivity index is 1.84. The molecule has 1 aliphatic heterocycles. The van der Waals surface area contributed by atoms with Gasteiger partial charge in [0.2, 0.25) is 0 Å². The van der Waals surface area contributed by atoms with Crippen molar-refractivity contribution in [3.63, 3.8) is 0 Å². The highest BCUT2D eigenvalue weighted by Crippen LogP contribution is 2.22. The smallest absolute Gasteiger partial charge is 0.0936 e. The Bertz CT molecular complexity index is 391. The van der Waals surface area contributed by atoms with Crippen LogP contribution in [0.2, 0.25) is 0 Å². The topological polar surface area (TPSA) is 58.7 Å². The second kappa shape index (κ2) is 6.89. The van der Waals surface area contributed by atoms with Crippen molar-refractivity contribution in [3.8, 4) is 0 Å². The van der Waals surface area contributed by atoms with Gasteiger partial charge in [0.1, 0.15) is 0 Å². The maximum atomic E-state index is 10.3. The molecule has 1 unspecified atom stereocenters. The summed E-state index contributed by atoms with van der Waals surface area (Å²) in [4.78, 5) is 2.19. The highest BCUT2D eigenvalue weighted by molar-refractivity contribution is 5.47. The summed E-state index contributed by atoms with van der Waals surface area (Å²) >= 11 is 0. The van der Waals surface area contributed by atoms with Gasteiger partial charge in [-0.15, -0.1) is 0 Å². The van der Waals surface area contributed by atoms with Crippen molar-refractivity contribution in [1.82, 2.24) is 4.90 Å². The lowest BCUT2D eigenvalue weighted by molar-refractivity contribution is 0.0478. The highest BCUT2D eigenvalue weighted by atomic mass is 16.5. The van der Waals surface area contributed by atoms with Crippen molar-refractivity contribution < 1.29 is 9.84 Å². The van der Waals surface area contributed by atoms with E-state index in [0.29, 0.717) is 18.2 Å². The molecule has 1 fully saturated rings. The summed E-state index contributed by atoms with van der Waals surface area (Å²) in [6.45, 7) is 3.36. The number of hydrogen-bond donors (Lipinski definition) is 2. The number of nitrogens with two attached hydrogens (primary N) is 1. The molecule has 0 aromatic heterocycles. The van der Waals surface area contributed by atoms with Gasteiger partial charge in [0, 0.05) is 37.6 Å². The molecule has 1 aromatic carbocycles. The Labute approximate surface area is 115 Å². The van der Waals surface area contributed by atoms with E-state index in [1.54, 1.807) is 0 Å². The number of nitrogen functional groups attached to an aromatic ring is 1. The van der Waals surface area contributed by atoms with Crippen LogP contribution in [0.4, 0.5) is 5.69 Å². The lowest BCUT2D eigenvalue weighted by Gasteiger charge is -2.28. The number of rotatable bonds is 5. The second-order valence-corrected chi connectivity index (χ2v) is 5.42. The van der Waals surface area contributed by atoms with E-state index in [4.69, 9.17) is 10.5 Å². The Morgan fingerprint density at radius 1 is 1.37 bits per heavy atom. The molecule has 0 radical (unpaired) electrons. The number of para-hydroxylation sites is 1. The first-order valence-electron chi connectivity index (χ1n) is 6.95. The summed E-state index contributed by atoms with van der Waals surface area (Å²) in [7, 11) is 2.05. The van der Waals surface area contributed by atoms with Gasteiger partial charge in [0.25, 0.3) is 0 Å². The van der Waals surface area contributed by atoms with Crippen molar-refractivity contribution >= 4 is 5.69 Å². The fraction of sp³-hybridized carbons (Fsp3) is 0.600. The van der Waals surface area contributed by atoms with Gasteiger partial charge in [-0.1, -0.05) is 18.2 Å². The van der Waals surface area contributed by atoms with Crippen LogP contribution in [0.1, 0.15) is 24.5 Å². The van der Waals surface area contributed by atoms with E-state index in [2.05, 4.69) is 11.9 Å². The fourth-order valence-electron chi connectivity index (χ4n) is 2.65. The van der Waals surface area contributed by atoms with E-state index in [-0.39, 0.29) is 0 Å². The summed E-state index contributed by atoms with van der Waals surface area (Å²) in [6.07, 6.45) is 1.72. The molecule has 4 heteroatoms. The van der Waals surface area contributed by atoms with Gasteiger partial charge < -0.3 is 20.5 Å². The largest absolute Gasteiger partial charge is 0.398 e. The number of benzene rings is 1. The Morgan fingerprint density at radius 3 is 2.74 bits per heavy atom. The molecular formula is C15H24N2O2. The van der Waals surface area contributed by atoms with Gasteiger partial charge in [0.05, 0.1) is 6.10 Å². The van der Waals surface area contributed by atoms with Crippen LogP contribution in [0.15, 0.2) is 24.3 Å². The summed E-state index contributed by atoms with van der Waals surface area (Å²) in [6, 6.07) is 7.52. The van der Waals surface area contributed by atoms with E-state index in [1.807, 2.05) is 24.3 Å². The third kappa shape index (κ3) is 4.20. The van der Waals surface area contributed by atoms with Crippen LogP contribution in [-0.4, -0.2) is 43.4 Å². The van der Waals surface area contributed by atoms with Gasteiger partial charge in [-0.25, -0.2) is 0 Å². The molecule has 4 nitrogen and oxygen atoms in total. The Hall–Kier alpha value is -1.10. The number of ether oxygens (including phenoxy) is 1. The van der Waals surface area contributed by atoms with E-state index < -0.39 is 6.10 Å². The fourth-order valence-corrected chi connectivity index (χ4v) is 2.65. The third-order valence-electron chi connectivity index (χ3n) is 3.75. The molecule has 0 aliphatic carbocycles. The van der Waals surface area contributed by atoms with Crippen LogP contribution in [0.3, 0.4) is 0 Å². The average molecular weight is 264 g/mol. The molecule has 1 heterocycles. The third-order valence-corrected chi connectivity index (χ3v) is 3.75. The minimum Gasteiger partial charge on any atom is -0.398 e. The van der Waals surface area contributed by atoms with Crippen molar-refractivity contribution in [2.24, 2.45) is 5.92 Å². The second-order valence-electron chi connectivity index (χ2n) is 5.42. The number of aliphatic hydroxyl groups is 1. The van der Waals surface area contributed by atoms with E-state index >= 15 is 0 Å². The molecule has 0 bridgehead atoms. The predicted molar refractivity (Wildman–Crippen MR) is 76.9 cm³/mol. The normalized spacial score (nSPS) is 18.7. The molecule has 2 rings (SSSR count). The monoisotopic (exact) mass is 264 g/mol. The molecule has 0 amide bonds. The lowest BCUT2D eigenvalue weighted by atomic mass is 9.99. The van der Waals surface area contributed by atoms with Crippen molar-refractivity contribution in [1.29, 1.82) is 0 Å². The van der Waals surface area contributed by atoms with E-state index in [9.17, 15) is 5.11 Å². The lowest BCUT2D eigenvalue weighted by Crippen LogP contribution is -2.32. The van der Waals surface area contributed by atoms with Crippen LogP contribution >= 0.6 is 0 Å². The first kappa shape index (κ1) is 14.3. The molecule has 1 atom stereocenters. The molecule has 106 valence electrons. The van der Waals surface area contributed by atoms with E-state index in [0.717, 1.165) is 38.2 Å². The molecule has 3 N–H and O–H groups in total. The summed E-state index contributed by atoms with van der Waals surface area (Å²) in [5, 5.41) is 10.3. The standard InChI is InChI=1S/C15H24N2O2/c1-17(10-12-6-8-19-9-7-12)11-15(18)13-4-2-3-5-14(13)16/h2-5,12,15,18H,6-11,16H2,1H3. The van der Waals surface area contributed by atoms with Crippen LogP contribution in [0.5, 0.6) is 0 Å². The summed E-state index contributed by atoms with van der Waals surface area (Å²) in [5.41, 5.74) is 7.37. The molecular weight excluding hydrogens is 240 g/mol. The molecule has 1 aromatic rings. The maximum Gasteiger partial charge on any atom is 0.0936 e. The number of anilines is 1. The molecule has 0 spiro atoms. The van der Waals surface area contributed by atoms with E-state index in [1.165, 1.54) is 0 Å². The minimum absolute atomic E-state index is 0.522. The van der Waals surface area contributed by atoms with Gasteiger partial charge in [-0.3, -0.25) is 0 Å². The molecule has 1 aliphatic rings. The number of aliphatic hydroxyl groups excluding tert-OH is 1. The van der Waals surface area contributed by atoms with Gasteiger partial charge in [0.15, 0.2) is 0 Å². The highest BCUT2D eigenvalue weighted by Gasteiger charge is 2.18. The first-order valence-corrected chi connectivity index (χ1v) is 6.95. The minimum atomic E-state index is -0.522.